The summed E-state index contributed by atoms with van der Waals surface area (Å²) in [5.74, 6) is 1.17. The quantitative estimate of drug-likeness (QED) is 0.702. The Morgan fingerprint density at radius 1 is 1.18 bits per heavy atom. The Balaban J connectivity index is 1.98. The largest absolute Gasteiger partial charge is 0.393 e. The molecule has 0 bridgehead atoms. The van der Waals surface area contributed by atoms with Crippen molar-refractivity contribution in [3.05, 3.63) is 0 Å². The SMILES string of the molecule is C[C@]12CCC(=O)[C@H]1[C@H]1CCC[C@H](O)[C@]1(C)CC2. The van der Waals surface area contributed by atoms with Gasteiger partial charge in [-0.25, -0.2) is 0 Å². The van der Waals surface area contributed by atoms with Gasteiger partial charge in [-0.1, -0.05) is 20.3 Å². The molecule has 2 heteroatoms. The molecule has 3 fully saturated rings. The maximum atomic E-state index is 12.2. The molecule has 3 aliphatic rings. The number of rotatable bonds is 0. The summed E-state index contributed by atoms with van der Waals surface area (Å²) < 4.78 is 0. The van der Waals surface area contributed by atoms with Crippen molar-refractivity contribution < 1.29 is 9.90 Å². The maximum Gasteiger partial charge on any atom is 0.136 e. The molecule has 0 spiro atoms. The Bertz CT molecular complexity index is 351. The smallest absolute Gasteiger partial charge is 0.136 e. The average molecular weight is 236 g/mol. The van der Waals surface area contributed by atoms with Crippen molar-refractivity contribution in [2.24, 2.45) is 22.7 Å². The summed E-state index contributed by atoms with van der Waals surface area (Å²) in [6.45, 7) is 4.54. The monoisotopic (exact) mass is 236 g/mol. The molecule has 0 radical (unpaired) electrons. The van der Waals surface area contributed by atoms with Gasteiger partial charge in [0, 0.05) is 12.3 Å². The predicted octanol–water partition coefficient (Wildman–Crippen LogP) is 2.93. The zero-order valence-electron chi connectivity index (χ0n) is 11.0. The Labute approximate surface area is 104 Å². The first-order valence-electron chi connectivity index (χ1n) is 7.18. The van der Waals surface area contributed by atoms with E-state index in [0.29, 0.717) is 11.7 Å². The summed E-state index contributed by atoms with van der Waals surface area (Å²) >= 11 is 0. The summed E-state index contributed by atoms with van der Waals surface area (Å²) in [5, 5.41) is 10.3. The summed E-state index contributed by atoms with van der Waals surface area (Å²) in [5.41, 5.74) is 0.265. The van der Waals surface area contributed by atoms with E-state index in [1.54, 1.807) is 0 Å². The third-order valence-electron chi connectivity index (χ3n) is 6.28. The molecule has 1 N–H and O–H groups in total. The second-order valence-corrected chi connectivity index (χ2v) is 7.16. The van der Waals surface area contributed by atoms with Crippen LogP contribution in [-0.4, -0.2) is 17.0 Å². The highest BCUT2D eigenvalue weighted by Gasteiger charge is 2.59. The highest BCUT2D eigenvalue weighted by atomic mass is 16.3. The molecule has 0 saturated heterocycles. The number of hydrogen-bond donors (Lipinski definition) is 1. The Morgan fingerprint density at radius 2 is 1.94 bits per heavy atom. The van der Waals surface area contributed by atoms with E-state index >= 15 is 0 Å². The number of aliphatic hydroxyl groups is 1. The lowest BCUT2D eigenvalue weighted by atomic mass is 9.49. The summed E-state index contributed by atoms with van der Waals surface area (Å²) in [6.07, 6.45) is 7.11. The lowest BCUT2D eigenvalue weighted by molar-refractivity contribution is -0.145. The lowest BCUT2D eigenvalue weighted by Crippen LogP contribution is -2.53. The summed E-state index contributed by atoms with van der Waals surface area (Å²) in [4.78, 5) is 12.2. The molecule has 0 unspecified atom stereocenters. The normalized spacial score (nSPS) is 54.3. The van der Waals surface area contributed by atoms with Crippen LogP contribution in [-0.2, 0) is 4.79 Å². The van der Waals surface area contributed by atoms with E-state index in [2.05, 4.69) is 13.8 Å². The fraction of sp³-hybridized carbons (Fsp3) is 0.933. The highest BCUT2D eigenvalue weighted by molar-refractivity contribution is 5.84. The minimum atomic E-state index is -0.181. The van der Waals surface area contributed by atoms with Gasteiger partial charge >= 0.3 is 0 Å². The third kappa shape index (κ3) is 1.46. The molecule has 3 saturated carbocycles. The van der Waals surface area contributed by atoms with Crippen molar-refractivity contribution in [1.29, 1.82) is 0 Å². The number of hydrogen-bond acceptors (Lipinski definition) is 2. The zero-order chi connectivity index (χ0) is 12.3. The van der Waals surface area contributed by atoms with E-state index in [0.717, 1.165) is 44.9 Å². The van der Waals surface area contributed by atoms with E-state index < -0.39 is 0 Å². The molecule has 0 aromatic carbocycles. The zero-order valence-corrected chi connectivity index (χ0v) is 11.0. The first-order valence-corrected chi connectivity index (χ1v) is 7.18. The van der Waals surface area contributed by atoms with Crippen molar-refractivity contribution in [2.45, 2.75) is 64.9 Å². The van der Waals surface area contributed by atoms with Crippen LogP contribution in [0, 0.1) is 22.7 Å². The van der Waals surface area contributed by atoms with Gasteiger partial charge in [0.2, 0.25) is 0 Å². The Hall–Kier alpha value is -0.370. The molecule has 0 aromatic rings. The van der Waals surface area contributed by atoms with Crippen LogP contribution in [0.2, 0.25) is 0 Å². The van der Waals surface area contributed by atoms with E-state index in [-0.39, 0.29) is 22.9 Å². The molecular formula is C15H24O2. The average Bonchev–Trinajstić information content (AvgIpc) is 2.59. The van der Waals surface area contributed by atoms with E-state index in [4.69, 9.17) is 0 Å². The fourth-order valence-corrected chi connectivity index (χ4v) is 4.99. The highest BCUT2D eigenvalue weighted by Crippen LogP contribution is 2.62. The van der Waals surface area contributed by atoms with Gasteiger partial charge in [0.1, 0.15) is 5.78 Å². The first kappa shape index (κ1) is 11.7. The predicted molar refractivity (Wildman–Crippen MR) is 66.5 cm³/mol. The van der Waals surface area contributed by atoms with Crippen LogP contribution in [0.1, 0.15) is 58.8 Å². The van der Waals surface area contributed by atoms with Crippen LogP contribution in [0.4, 0.5) is 0 Å². The molecule has 3 aliphatic carbocycles. The first-order chi connectivity index (χ1) is 7.97. The van der Waals surface area contributed by atoms with Gasteiger partial charge in [-0.3, -0.25) is 4.79 Å². The fourth-order valence-electron chi connectivity index (χ4n) is 4.99. The van der Waals surface area contributed by atoms with Gasteiger partial charge < -0.3 is 5.11 Å². The van der Waals surface area contributed by atoms with Crippen LogP contribution < -0.4 is 0 Å². The maximum absolute atomic E-state index is 12.2. The number of carbonyl (C=O) groups is 1. The molecule has 17 heavy (non-hydrogen) atoms. The van der Waals surface area contributed by atoms with Crippen molar-refractivity contribution in [2.75, 3.05) is 0 Å². The van der Waals surface area contributed by atoms with Crippen LogP contribution in [0.25, 0.3) is 0 Å². The van der Waals surface area contributed by atoms with E-state index in [1.165, 1.54) is 0 Å². The van der Waals surface area contributed by atoms with Gasteiger partial charge in [0.25, 0.3) is 0 Å². The van der Waals surface area contributed by atoms with Gasteiger partial charge in [-0.15, -0.1) is 0 Å². The van der Waals surface area contributed by atoms with Gasteiger partial charge in [-0.2, -0.15) is 0 Å². The van der Waals surface area contributed by atoms with Crippen molar-refractivity contribution >= 4 is 5.78 Å². The van der Waals surface area contributed by atoms with Crippen molar-refractivity contribution in [1.82, 2.24) is 0 Å². The molecule has 5 atom stereocenters. The van der Waals surface area contributed by atoms with Crippen molar-refractivity contribution in [3.63, 3.8) is 0 Å². The number of aliphatic hydroxyl groups excluding tert-OH is 1. The number of ketones is 1. The molecule has 0 aromatic heterocycles. The van der Waals surface area contributed by atoms with Gasteiger partial charge in [0.15, 0.2) is 0 Å². The van der Waals surface area contributed by atoms with Gasteiger partial charge in [0.05, 0.1) is 6.10 Å². The minimum absolute atomic E-state index is 0.0163. The molecule has 3 rings (SSSR count). The second-order valence-electron chi connectivity index (χ2n) is 7.16. The molecule has 2 nitrogen and oxygen atoms in total. The standard InChI is InChI=1S/C15H24O2/c1-14-7-6-11(16)13(14)10-4-3-5-12(17)15(10,2)9-8-14/h10,12-13,17H,3-9H2,1-2H3/t10-,12+,13-,14-,15-/m1/s1. The number of Topliss-reactive ketones (excluding diaryl/α,β-unsaturated/α-hetero) is 1. The van der Waals surface area contributed by atoms with Crippen LogP contribution in [0.15, 0.2) is 0 Å². The Morgan fingerprint density at radius 3 is 2.71 bits per heavy atom. The topological polar surface area (TPSA) is 37.3 Å². The van der Waals surface area contributed by atoms with Gasteiger partial charge in [-0.05, 0) is 48.9 Å². The molecule has 0 heterocycles. The van der Waals surface area contributed by atoms with Crippen LogP contribution in [0.5, 0.6) is 0 Å². The number of carbonyl (C=O) groups excluding carboxylic acids is 1. The minimum Gasteiger partial charge on any atom is -0.393 e. The molecular weight excluding hydrogens is 212 g/mol. The van der Waals surface area contributed by atoms with Crippen molar-refractivity contribution in [3.8, 4) is 0 Å². The molecule has 0 amide bonds. The van der Waals surface area contributed by atoms with Crippen LogP contribution >= 0.6 is 0 Å². The molecule has 0 aliphatic heterocycles. The second kappa shape index (κ2) is 3.57. The number of fused-ring (bicyclic) bond motifs is 3. The molecule has 96 valence electrons. The van der Waals surface area contributed by atoms with Crippen LogP contribution in [0.3, 0.4) is 0 Å². The summed E-state index contributed by atoms with van der Waals surface area (Å²) in [7, 11) is 0. The third-order valence-corrected chi connectivity index (χ3v) is 6.28. The lowest BCUT2D eigenvalue weighted by Gasteiger charge is -2.55. The Kier molecular flexibility index (Phi) is 2.46. The van der Waals surface area contributed by atoms with E-state index in [9.17, 15) is 9.90 Å². The van der Waals surface area contributed by atoms with E-state index in [1.807, 2.05) is 0 Å². The summed E-state index contributed by atoms with van der Waals surface area (Å²) in [6, 6.07) is 0.